The number of nitrogens with zero attached hydrogens (tertiary/aromatic N) is 1. The van der Waals surface area contributed by atoms with E-state index in [-0.39, 0.29) is 11.6 Å². The third-order valence-corrected chi connectivity index (χ3v) is 3.15. The molecule has 0 aliphatic rings. The van der Waals surface area contributed by atoms with Crippen LogP contribution in [0.1, 0.15) is 12.0 Å². The molecule has 20 heavy (non-hydrogen) atoms. The van der Waals surface area contributed by atoms with Crippen molar-refractivity contribution in [1.29, 1.82) is 0 Å². The van der Waals surface area contributed by atoms with Crippen LogP contribution in [0.5, 0.6) is 5.75 Å². The SMILES string of the molecule is COCCN(CCC(N)=S)Cc1cccc(OC)c1F. The predicted molar refractivity (Wildman–Crippen MR) is 81.5 cm³/mol. The maximum atomic E-state index is 14.1. The fourth-order valence-electron chi connectivity index (χ4n) is 1.84. The molecular weight excluding hydrogens is 279 g/mol. The first-order valence-corrected chi connectivity index (χ1v) is 6.80. The predicted octanol–water partition coefficient (Wildman–Crippen LogP) is 1.96. The second-order valence-corrected chi connectivity index (χ2v) is 4.94. The fourth-order valence-corrected chi connectivity index (χ4v) is 1.93. The summed E-state index contributed by atoms with van der Waals surface area (Å²) >= 11 is 4.88. The zero-order chi connectivity index (χ0) is 15.0. The smallest absolute Gasteiger partial charge is 0.169 e. The van der Waals surface area contributed by atoms with Crippen LogP contribution in [0.3, 0.4) is 0 Å². The lowest BCUT2D eigenvalue weighted by atomic mass is 10.1. The number of halogens is 1. The summed E-state index contributed by atoms with van der Waals surface area (Å²) in [6.07, 6.45) is 0.602. The van der Waals surface area contributed by atoms with E-state index < -0.39 is 0 Å². The van der Waals surface area contributed by atoms with Gasteiger partial charge in [-0.3, -0.25) is 4.90 Å². The first-order valence-electron chi connectivity index (χ1n) is 6.39. The summed E-state index contributed by atoms with van der Waals surface area (Å²) in [6, 6.07) is 5.13. The van der Waals surface area contributed by atoms with Gasteiger partial charge in [-0.25, -0.2) is 4.39 Å². The van der Waals surface area contributed by atoms with Crippen molar-refractivity contribution >= 4 is 17.2 Å². The van der Waals surface area contributed by atoms with Gasteiger partial charge in [0.15, 0.2) is 11.6 Å². The van der Waals surface area contributed by atoms with Crippen LogP contribution in [0.15, 0.2) is 18.2 Å². The average Bonchev–Trinajstić information content (AvgIpc) is 2.43. The number of benzene rings is 1. The van der Waals surface area contributed by atoms with Crippen LogP contribution in [0.25, 0.3) is 0 Å². The van der Waals surface area contributed by atoms with Crippen LogP contribution in [0.2, 0.25) is 0 Å². The molecule has 0 aliphatic heterocycles. The molecule has 1 aromatic carbocycles. The largest absolute Gasteiger partial charge is 0.494 e. The highest BCUT2D eigenvalue weighted by atomic mass is 32.1. The van der Waals surface area contributed by atoms with Gasteiger partial charge in [0.2, 0.25) is 0 Å². The van der Waals surface area contributed by atoms with E-state index in [0.29, 0.717) is 43.2 Å². The topological polar surface area (TPSA) is 47.7 Å². The van der Waals surface area contributed by atoms with E-state index in [9.17, 15) is 4.39 Å². The molecule has 0 saturated carbocycles. The Morgan fingerprint density at radius 2 is 2.10 bits per heavy atom. The first kappa shape index (κ1) is 16.8. The number of rotatable bonds is 9. The van der Waals surface area contributed by atoms with Crippen molar-refractivity contribution in [3.05, 3.63) is 29.6 Å². The Labute approximate surface area is 124 Å². The fraction of sp³-hybridized carbons (Fsp3) is 0.500. The Hall–Kier alpha value is -1.24. The van der Waals surface area contributed by atoms with E-state index in [1.54, 1.807) is 25.3 Å². The summed E-state index contributed by atoms with van der Waals surface area (Å²) in [5.41, 5.74) is 6.10. The van der Waals surface area contributed by atoms with Gasteiger partial charge in [-0.1, -0.05) is 24.4 Å². The van der Waals surface area contributed by atoms with E-state index in [0.717, 1.165) is 0 Å². The van der Waals surface area contributed by atoms with Crippen LogP contribution in [0.4, 0.5) is 4.39 Å². The average molecular weight is 300 g/mol. The zero-order valence-electron chi connectivity index (χ0n) is 11.9. The Bertz CT molecular complexity index is 443. The van der Waals surface area contributed by atoms with Gasteiger partial charge >= 0.3 is 0 Å². The van der Waals surface area contributed by atoms with Crippen LogP contribution in [-0.4, -0.2) is 43.8 Å². The lowest BCUT2D eigenvalue weighted by molar-refractivity contribution is 0.145. The number of methoxy groups -OCH3 is 2. The molecule has 0 bridgehead atoms. The molecule has 0 aliphatic carbocycles. The summed E-state index contributed by atoms with van der Waals surface area (Å²) < 4.78 is 24.2. The van der Waals surface area contributed by atoms with Gasteiger partial charge in [0, 0.05) is 38.7 Å². The minimum Gasteiger partial charge on any atom is -0.494 e. The van der Waals surface area contributed by atoms with Gasteiger partial charge in [0.25, 0.3) is 0 Å². The molecular formula is C14H21FN2O2S. The minimum absolute atomic E-state index is 0.253. The molecule has 0 atom stereocenters. The van der Waals surface area contributed by atoms with Gasteiger partial charge in [0.05, 0.1) is 18.7 Å². The molecule has 0 unspecified atom stereocenters. The zero-order valence-corrected chi connectivity index (χ0v) is 12.7. The standard InChI is InChI=1S/C14H21FN2O2S/c1-18-9-8-17(7-6-13(16)20)10-11-4-3-5-12(19-2)14(11)15/h3-5H,6-10H2,1-2H3,(H2,16,20). The normalized spacial score (nSPS) is 10.8. The molecule has 0 radical (unpaired) electrons. The highest BCUT2D eigenvalue weighted by Gasteiger charge is 2.12. The van der Waals surface area contributed by atoms with Gasteiger partial charge < -0.3 is 15.2 Å². The number of nitrogens with two attached hydrogens (primary N) is 1. The van der Waals surface area contributed by atoms with Crippen LogP contribution in [0, 0.1) is 5.82 Å². The Balaban J connectivity index is 2.74. The van der Waals surface area contributed by atoms with Crippen molar-refractivity contribution < 1.29 is 13.9 Å². The maximum Gasteiger partial charge on any atom is 0.169 e. The van der Waals surface area contributed by atoms with Gasteiger partial charge in [-0.15, -0.1) is 0 Å². The highest BCUT2D eigenvalue weighted by Crippen LogP contribution is 2.21. The molecule has 0 fully saturated rings. The van der Waals surface area contributed by atoms with Gasteiger partial charge in [0.1, 0.15) is 0 Å². The summed E-state index contributed by atoms with van der Waals surface area (Å²) in [4.78, 5) is 2.51. The lowest BCUT2D eigenvalue weighted by Gasteiger charge is -2.22. The molecule has 4 nitrogen and oxygen atoms in total. The highest BCUT2D eigenvalue weighted by molar-refractivity contribution is 7.80. The molecule has 2 N–H and O–H groups in total. The van der Waals surface area contributed by atoms with Crippen molar-refractivity contribution in [3.8, 4) is 5.75 Å². The molecule has 0 aromatic heterocycles. The second kappa shape index (κ2) is 8.84. The summed E-state index contributed by atoms with van der Waals surface area (Å²) in [6.45, 7) is 2.41. The van der Waals surface area contributed by atoms with Crippen LogP contribution < -0.4 is 10.5 Å². The molecule has 0 heterocycles. The Kier molecular flexibility index (Phi) is 7.43. The Morgan fingerprint density at radius 3 is 2.70 bits per heavy atom. The molecule has 0 saturated heterocycles. The molecule has 1 rings (SSSR count). The van der Waals surface area contributed by atoms with E-state index in [1.807, 2.05) is 0 Å². The van der Waals surface area contributed by atoms with Crippen molar-refractivity contribution in [2.45, 2.75) is 13.0 Å². The number of ether oxygens (including phenoxy) is 2. The second-order valence-electron chi connectivity index (χ2n) is 4.42. The summed E-state index contributed by atoms with van der Waals surface area (Å²) in [5, 5.41) is 0. The lowest BCUT2D eigenvalue weighted by Crippen LogP contribution is -2.30. The third-order valence-electron chi connectivity index (χ3n) is 2.94. The van der Waals surface area contributed by atoms with E-state index in [2.05, 4.69) is 4.90 Å². The molecule has 1 aromatic rings. The van der Waals surface area contributed by atoms with E-state index >= 15 is 0 Å². The number of hydrogen-bond donors (Lipinski definition) is 1. The molecule has 0 amide bonds. The van der Waals surface area contributed by atoms with E-state index in [4.69, 9.17) is 27.4 Å². The van der Waals surface area contributed by atoms with Crippen LogP contribution >= 0.6 is 12.2 Å². The van der Waals surface area contributed by atoms with Crippen LogP contribution in [-0.2, 0) is 11.3 Å². The monoisotopic (exact) mass is 300 g/mol. The van der Waals surface area contributed by atoms with Crippen molar-refractivity contribution in [1.82, 2.24) is 4.90 Å². The van der Waals surface area contributed by atoms with Crippen molar-refractivity contribution in [2.24, 2.45) is 5.73 Å². The van der Waals surface area contributed by atoms with E-state index in [1.165, 1.54) is 7.11 Å². The van der Waals surface area contributed by atoms with Gasteiger partial charge in [-0.2, -0.15) is 0 Å². The third kappa shape index (κ3) is 5.40. The minimum atomic E-state index is -0.326. The summed E-state index contributed by atoms with van der Waals surface area (Å²) in [7, 11) is 3.09. The summed E-state index contributed by atoms with van der Waals surface area (Å²) in [5.74, 6) is -0.0729. The molecule has 112 valence electrons. The Morgan fingerprint density at radius 1 is 1.35 bits per heavy atom. The van der Waals surface area contributed by atoms with Gasteiger partial charge in [-0.05, 0) is 6.07 Å². The van der Waals surface area contributed by atoms with Crippen molar-refractivity contribution in [3.63, 3.8) is 0 Å². The quantitative estimate of drug-likeness (QED) is 0.707. The number of thiocarbonyl (C=S) groups is 1. The number of hydrogen-bond acceptors (Lipinski definition) is 4. The maximum absolute atomic E-state index is 14.1. The van der Waals surface area contributed by atoms with Crippen molar-refractivity contribution in [2.75, 3.05) is 33.9 Å². The molecule has 6 heteroatoms. The molecule has 0 spiro atoms. The first-order chi connectivity index (χ1) is 9.58.